The van der Waals surface area contributed by atoms with Crippen LogP contribution in [0.2, 0.25) is 0 Å². The molecule has 14 nitrogen and oxygen atoms in total. The van der Waals surface area contributed by atoms with Gasteiger partial charge in [0.2, 0.25) is 5.91 Å². The number of carbonyl (C=O) groups is 4. The van der Waals surface area contributed by atoms with Crippen LogP contribution in [0.1, 0.15) is 61.8 Å². The minimum atomic E-state index is -1.93. The van der Waals surface area contributed by atoms with Crippen molar-refractivity contribution >= 4 is 34.7 Å². The summed E-state index contributed by atoms with van der Waals surface area (Å²) in [4.78, 5) is 70.7. The van der Waals surface area contributed by atoms with E-state index in [2.05, 4.69) is 5.32 Å². The fourth-order valence-corrected chi connectivity index (χ4v) is 7.84. The number of aliphatic hydroxyl groups is 1. The minimum absolute atomic E-state index is 0.0232. The molecule has 3 aromatic rings. The van der Waals surface area contributed by atoms with Gasteiger partial charge in [-0.05, 0) is 61.4 Å². The van der Waals surface area contributed by atoms with Crippen LogP contribution in [-0.2, 0) is 44.3 Å². The zero-order chi connectivity index (χ0) is 37.5. The third-order valence-electron chi connectivity index (χ3n) is 10.7. The summed E-state index contributed by atoms with van der Waals surface area (Å²) in [6, 6.07) is 6.32. The molecule has 0 saturated carbocycles. The first-order chi connectivity index (χ1) is 24.7. The number of ether oxygens (including phenoxy) is 2. The van der Waals surface area contributed by atoms with Crippen molar-refractivity contribution < 1.29 is 33.8 Å². The van der Waals surface area contributed by atoms with Crippen molar-refractivity contribution in [1.29, 1.82) is 0 Å². The van der Waals surface area contributed by atoms with Gasteiger partial charge in [-0.3, -0.25) is 14.4 Å². The van der Waals surface area contributed by atoms with E-state index >= 15 is 0 Å². The van der Waals surface area contributed by atoms with E-state index in [-0.39, 0.29) is 61.6 Å². The Hall–Kier alpha value is -5.50. The monoisotopic (exact) mass is 712 g/mol. The zero-order valence-corrected chi connectivity index (χ0v) is 29.7. The standard InChI is InChI=1S/C38H44N6O8/c1-5-23-24-16-22(52-32(34(47)43(3)4)37(14-8-7-9-15-37)21(10-13-30(39)45)18-41-36(40)49)11-12-28(24)42-31-25(23)19-44-29(31)17-27-26(33(44)46)20-51-35(48)38(27,50)6-2/h7-9,11-12,14,16-17,21,32,50H,5-6,10,13,15,18-20H2,1-4H3,(H2,39,45)(H3,40,41,49)/t21?,32?,37?,38-/m0/s1. The molecule has 4 heterocycles. The van der Waals surface area contributed by atoms with Gasteiger partial charge in [-0.1, -0.05) is 38.2 Å². The molecule has 4 amide bonds. The van der Waals surface area contributed by atoms with Crippen molar-refractivity contribution in [3.8, 4) is 17.1 Å². The largest absolute Gasteiger partial charge is 0.480 e. The van der Waals surface area contributed by atoms with E-state index in [1.807, 2.05) is 37.3 Å². The van der Waals surface area contributed by atoms with Crippen LogP contribution in [0.25, 0.3) is 22.3 Å². The number of likely N-dealkylation sites (N-methyl/N-ethyl adjacent to an activating group) is 1. The summed E-state index contributed by atoms with van der Waals surface area (Å²) in [6.45, 7) is 3.76. The first-order valence-electron chi connectivity index (χ1n) is 17.4. The molecule has 1 aromatic carbocycles. The maximum atomic E-state index is 14.1. The lowest BCUT2D eigenvalue weighted by atomic mass is 9.65. The Balaban J connectivity index is 1.45. The lowest BCUT2D eigenvalue weighted by Crippen LogP contribution is -2.55. The summed E-state index contributed by atoms with van der Waals surface area (Å²) in [6.07, 6.45) is 7.72. The van der Waals surface area contributed by atoms with Crippen molar-refractivity contribution in [3.05, 3.63) is 81.2 Å². The summed E-state index contributed by atoms with van der Waals surface area (Å²) in [7, 11) is 3.27. The van der Waals surface area contributed by atoms with E-state index in [1.54, 1.807) is 43.8 Å². The number of esters is 1. The van der Waals surface area contributed by atoms with Crippen molar-refractivity contribution in [2.75, 3.05) is 20.6 Å². The molecule has 0 bridgehead atoms. The highest BCUT2D eigenvalue weighted by molar-refractivity contribution is 5.90. The van der Waals surface area contributed by atoms with Gasteiger partial charge in [-0.15, -0.1) is 0 Å². The van der Waals surface area contributed by atoms with Gasteiger partial charge in [-0.2, -0.15) is 0 Å². The van der Waals surface area contributed by atoms with Crippen molar-refractivity contribution in [2.45, 2.75) is 70.8 Å². The molecule has 52 heavy (non-hydrogen) atoms. The number of carbonyl (C=O) groups excluding carboxylic acids is 4. The van der Waals surface area contributed by atoms with Gasteiger partial charge in [0.15, 0.2) is 11.7 Å². The molecule has 6 N–H and O–H groups in total. The molecular formula is C38H44N6O8. The number of nitrogens with zero attached hydrogens (tertiary/aromatic N) is 3. The van der Waals surface area contributed by atoms with Crippen LogP contribution >= 0.6 is 0 Å². The molecule has 2 aromatic heterocycles. The number of cyclic esters (lactones) is 1. The van der Waals surface area contributed by atoms with Crippen LogP contribution < -0.4 is 27.1 Å². The van der Waals surface area contributed by atoms with E-state index in [9.17, 15) is 29.1 Å². The van der Waals surface area contributed by atoms with Crippen LogP contribution in [0.4, 0.5) is 4.79 Å². The van der Waals surface area contributed by atoms with Gasteiger partial charge in [0, 0.05) is 49.0 Å². The van der Waals surface area contributed by atoms with Crippen LogP contribution in [0.3, 0.4) is 0 Å². The Kier molecular flexibility index (Phi) is 9.71. The number of nitrogens with two attached hydrogens (primary N) is 2. The topological polar surface area (TPSA) is 209 Å². The fourth-order valence-electron chi connectivity index (χ4n) is 7.84. The second kappa shape index (κ2) is 13.9. The van der Waals surface area contributed by atoms with Gasteiger partial charge >= 0.3 is 12.0 Å². The number of hydrogen-bond donors (Lipinski definition) is 4. The van der Waals surface area contributed by atoms with Gasteiger partial charge in [-0.25, -0.2) is 14.6 Å². The Morgan fingerprint density at radius 1 is 1.13 bits per heavy atom. The molecule has 4 atom stereocenters. The number of hydrogen-bond acceptors (Lipinski definition) is 9. The average molecular weight is 713 g/mol. The van der Waals surface area contributed by atoms with Gasteiger partial charge in [0.1, 0.15) is 12.4 Å². The van der Waals surface area contributed by atoms with Gasteiger partial charge < -0.3 is 40.8 Å². The molecule has 6 rings (SSSR count). The lowest BCUT2D eigenvalue weighted by Gasteiger charge is -2.44. The smallest absolute Gasteiger partial charge is 0.343 e. The number of benzene rings is 1. The summed E-state index contributed by atoms with van der Waals surface area (Å²) in [5.41, 5.74) is 11.7. The molecule has 3 unspecified atom stereocenters. The predicted molar refractivity (Wildman–Crippen MR) is 192 cm³/mol. The number of pyridine rings is 2. The highest BCUT2D eigenvalue weighted by Crippen LogP contribution is 2.45. The maximum Gasteiger partial charge on any atom is 0.343 e. The number of fused-ring (bicyclic) bond motifs is 5. The van der Waals surface area contributed by atoms with Crippen molar-refractivity contribution in [2.24, 2.45) is 22.8 Å². The third kappa shape index (κ3) is 6.10. The third-order valence-corrected chi connectivity index (χ3v) is 10.7. The molecular weight excluding hydrogens is 668 g/mol. The summed E-state index contributed by atoms with van der Waals surface area (Å²) in [5.74, 6) is -1.68. The molecule has 0 fully saturated rings. The molecule has 3 aliphatic rings. The first kappa shape index (κ1) is 36.3. The zero-order valence-electron chi connectivity index (χ0n) is 29.7. The predicted octanol–water partition coefficient (Wildman–Crippen LogP) is 2.53. The number of allylic oxidation sites excluding steroid dienone is 3. The number of primary amides is 2. The summed E-state index contributed by atoms with van der Waals surface area (Å²) >= 11 is 0. The lowest BCUT2D eigenvalue weighted by molar-refractivity contribution is -0.172. The minimum Gasteiger partial charge on any atom is -0.480 e. The number of nitrogens with one attached hydrogen (secondary N) is 1. The van der Waals surface area contributed by atoms with E-state index in [4.69, 9.17) is 25.9 Å². The van der Waals surface area contributed by atoms with E-state index in [0.717, 1.165) is 16.5 Å². The Morgan fingerprint density at radius 2 is 1.90 bits per heavy atom. The molecule has 1 aliphatic carbocycles. The normalized spacial score (nSPS) is 21.1. The SMILES string of the molecule is CCc1c2c(nc3ccc(OC(C(=O)N(C)C)C4(C(CCC(N)=O)CNC(N)=O)C=CC=CC4)cc13)-c1cc3c(c(=O)n1C2)COC(=O)[C@]3(O)CC. The maximum absolute atomic E-state index is 14.1. The average Bonchev–Trinajstić information content (AvgIpc) is 3.49. The second-order valence-corrected chi connectivity index (χ2v) is 13.8. The number of urea groups is 1. The molecule has 2 aliphatic heterocycles. The Bertz CT molecular complexity index is 2090. The van der Waals surface area contributed by atoms with Gasteiger partial charge in [0.25, 0.3) is 11.5 Å². The van der Waals surface area contributed by atoms with Crippen molar-refractivity contribution in [3.63, 3.8) is 0 Å². The van der Waals surface area contributed by atoms with E-state index < -0.39 is 40.9 Å². The highest BCUT2D eigenvalue weighted by Gasteiger charge is 2.49. The fraction of sp³-hybridized carbons (Fsp3) is 0.421. The Morgan fingerprint density at radius 3 is 2.54 bits per heavy atom. The van der Waals surface area contributed by atoms with E-state index in [0.29, 0.717) is 35.5 Å². The second-order valence-electron chi connectivity index (χ2n) is 13.8. The number of amides is 4. The molecule has 0 saturated heterocycles. The Labute approximate surface area is 300 Å². The first-order valence-corrected chi connectivity index (χ1v) is 17.4. The summed E-state index contributed by atoms with van der Waals surface area (Å²) in [5, 5.41) is 14.7. The van der Waals surface area contributed by atoms with Crippen LogP contribution in [0.15, 0.2) is 53.4 Å². The number of aromatic nitrogens is 2. The molecule has 0 spiro atoms. The highest BCUT2D eigenvalue weighted by atomic mass is 16.6. The number of aryl methyl sites for hydroxylation is 1. The molecule has 274 valence electrons. The van der Waals surface area contributed by atoms with Gasteiger partial charge in [0.05, 0.1) is 29.0 Å². The molecule has 0 radical (unpaired) electrons. The number of rotatable bonds is 12. The molecule has 14 heteroatoms. The van der Waals surface area contributed by atoms with Crippen LogP contribution in [0.5, 0.6) is 5.75 Å². The van der Waals surface area contributed by atoms with Crippen LogP contribution in [0, 0.1) is 11.3 Å². The quantitative estimate of drug-likeness (QED) is 0.159. The van der Waals surface area contributed by atoms with Crippen molar-refractivity contribution in [1.82, 2.24) is 19.8 Å². The summed E-state index contributed by atoms with van der Waals surface area (Å²) < 4.78 is 13.5. The van der Waals surface area contributed by atoms with Crippen LogP contribution in [-0.4, -0.2) is 70.1 Å². The van der Waals surface area contributed by atoms with E-state index in [1.165, 1.54) is 4.90 Å².